The molecule has 0 bridgehead atoms. The Hall–Kier alpha value is -1.06. The van der Waals surface area contributed by atoms with Crippen molar-refractivity contribution in [2.24, 2.45) is 0 Å². The highest BCUT2D eigenvalue weighted by atomic mass is 16.5. The third-order valence-corrected chi connectivity index (χ3v) is 3.74. The summed E-state index contributed by atoms with van der Waals surface area (Å²) in [5.74, 6) is 0.929. The van der Waals surface area contributed by atoms with Gasteiger partial charge in [0.2, 0.25) is 0 Å². The van der Waals surface area contributed by atoms with E-state index >= 15 is 0 Å². The molecule has 1 aromatic rings. The van der Waals surface area contributed by atoms with E-state index in [0.29, 0.717) is 18.7 Å². The monoisotopic (exact) mass is 263 g/mol. The summed E-state index contributed by atoms with van der Waals surface area (Å²) in [6, 6.07) is 9.02. The predicted octanol–water partition coefficient (Wildman–Crippen LogP) is 2.66. The molecule has 1 aromatic carbocycles. The minimum atomic E-state index is -0.0860. The molecule has 1 fully saturated rings. The van der Waals surface area contributed by atoms with Crippen LogP contribution in [0.3, 0.4) is 0 Å². The van der Waals surface area contributed by atoms with Crippen LogP contribution in [0.4, 0.5) is 0 Å². The molecule has 1 saturated carbocycles. The van der Waals surface area contributed by atoms with Gasteiger partial charge < -0.3 is 15.2 Å². The van der Waals surface area contributed by atoms with Gasteiger partial charge in [-0.2, -0.15) is 0 Å². The van der Waals surface area contributed by atoms with E-state index < -0.39 is 0 Å². The van der Waals surface area contributed by atoms with Gasteiger partial charge in [-0.25, -0.2) is 0 Å². The minimum Gasteiger partial charge on any atom is -0.492 e. The van der Waals surface area contributed by atoms with Crippen LogP contribution in [0, 0.1) is 6.92 Å². The zero-order valence-corrected chi connectivity index (χ0v) is 11.9. The minimum absolute atomic E-state index is 0.0860. The molecule has 3 nitrogen and oxygen atoms in total. The summed E-state index contributed by atoms with van der Waals surface area (Å²) in [4.78, 5) is 0. The van der Waals surface area contributed by atoms with Crippen molar-refractivity contribution < 1.29 is 9.84 Å². The summed E-state index contributed by atoms with van der Waals surface area (Å²) < 4.78 is 5.77. The van der Waals surface area contributed by atoms with Gasteiger partial charge in [-0.05, 0) is 51.7 Å². The van der Waals surface area contributed by atoms with Gasteiger partial charge in [0.15, 0.2) is 0 Å². The number of hydrogen-bond donors (Lipinski definition) is 2. The summed E-state index contributed by atoms with van der Waals surface area (Å²) in [6.45, 7) is 4.91. The smallest absolute Gasteiger partial charge is 0.119 e. The number of aliphatic hydroxyl groups excluding tert-OH is 1. The number of nitrogens with one attached hydrogen (secondary N) is 1. The van der Waals surface area contributed by atoms with Crippen LogP contribution in [0.15, 0.2) is 24.3 Å². The molecule has 0 spiro atoms. The van der Waals surface area contributed by atoms with Crippen molar-refractivity contribution in [1.29, 1.82) is 0 Å². The van der Waals surface area contributed by atoms with Gasteiger partial charge in [-0.3, -0.25) is 0 Å². The highest BCUT2D eigenvalue weighted by Crippen LogP contribution is 2.19. The Morgan fingerprint density at radius 3 is 2.47 bits per heavy atom. The van der Waals surface area contributed by atoms with E-state index in [1.54, 1.807) is 0 Å². The van der Waals surface area contributed by atoms with E-state index in [9.17, 15) is 5.11 Å². The Balaban J connectivity index is 1.69. The number of aryl methyl sites for hydroxylation is 1. The molecule has 19 heavy (non-hydrogen) atoms. The number of rotatable bonds is 5. The summed E-state index contributed by atoms with van der Waals surface area (Å²) >= 11 is 0. The Morgan fingerprint density at radius 1 is 1.21 bits per heavy atom. The van der Waals surface area contributed by atoms with E-state index in [-0.39, 0.29) is 6.10 Å². The first kappa shape index (κ1) is 14.4. The Kier molecular flexibility index (Phi) is 5.23. The molecule has 0 amide bonds. The van der Waals surface area contributed by atoms with Gasteiger partial charge in [0.25, 0.3) is 0 Å². The van der Waals surface area contributed by atoms with E-state index in [1.165, 1.54) is 5.56 Å². The maximum atomic E-state index is 9.48. The van der Waals surface area contributed by atoms with Gasteiger partial charge in [0.05, 0.1) is 6.10 Å². The fourth-order valence-electron chi connectivity index (χ4n) is 2.55. The first-order valence-electron chi connectivity index (χ1n) is 7.27. The normalized spacial score (nSPS) is 25.0. The average Bonchev–Trinajstić information content (AvgIpc) is 2.41. The van der Waals surface area contributed by atoms with E-state index in [0.717, 1.165) is 31.4 Å². The summed E-state index contributed by atoms with van der Waals surface area (Å²) in [5, 5.41) is 13.1. The van der Waals surface area contributed by atoms with Crippen molar-refractivity contribution in [1.82, 2.24) is 5.32 Å². The zero-order valence-electron chi connectivity index (χ0n) is 11.9. The first-order valence-corrected chi connectivity index (χ1v) is 7.27. The van der Waals surface area contributed by atoms with Crippen LogP contribution in [-0.4, -0.2) is 29.9 Å². The molecule has 106 valence electrons. The number of aliphatic hydroxyl groups is 1. The van der Waals surface area contributed by atoms with Crippen molar-refractivity contribution >= 4 is 0 Å². The van der Waals surface area contributed by atoms with Crippen LogP contribution in [0.5, 0.6) is 5.75 Å². The second-order valence-corrected chi connectivity index (χ2v) is 5.70. The average molecular weight is 263 g/mol. The summed E-state index contributed by atoms with van der Waals surface area (Å²) in [7, 11) is 0. The summed E-state index contributed by atoms with van der Waals surface area (Å²) in [5.41, 5.74) is 1.25. The third-order valence-electron chi connectivity index (χ3n) is 3.74. The highest BCUT2D eigenvalue weighted by Gasteiger charge is 2.20. The van der Waals surface area contributed by atoms with Crippen molar-refractivity contribution in [3.8, 4) is 5.75 Å². The first-order chi connectivity index (χ1) is 9.13. The van der Waals surface area contributed by atoms with Gasteiger partial charge in [0.1, 0.15) is 12.4 Å². The highest BCUT2D eigenvalue weighted by molar-refractivity contribution is 5.26. The van der Waals surface area contributed by atoms with Crippen LogP contribution >= 0.6 is 0 Å². The maximum absolute atomic E-state index is 9.48. The number of benzene rings is 1. The molecule has 1 unspecified atom stereocenters. The van der Waals surface area contributed by atoms with Crippen molar-refractivity contribution in [3.63, 3.8) is 0 Å². The van der Waals surface area contributed by atoms with Crippen LogP contribution in [0.25, 0.3) is 0 Å². The second kappa shape index (κ2) is 6.92. The fraction of sp³-hybridized carbons (Fsp3) is 0.625. The molecule has 1 aliphatic rings. The molecular weight excluding hydrogens is 238 g/mol. The SMILES string of the molecule is Cc1ccc(OCC(C)NC2CCC(O)CC2)cc1. The molecule has 1 atom stereocenters. The lowest BCUT2D eigenvalue weighted by atomic mass is 9.93. The van der Waals surface area contributed by atoms with Gasteiger partial charge in [-0.1, -0.05) is 17.7 Å². The number of ether oxygens (including phenoxy) is 1. The molecule has 2 N–H and O–H groups in total. The fourth-order valence-corrected chi connectivity index (χ4v) is 2.55. The van der Waals surface area contributed by atoms with Crippen molar-refractivity contribution in [2.75, 3.05) is 6.61 Å². The molecule has 0 heterocycles. The van der Waals surface area contributed by atoms with Crippen LogP contribution in [0.2, 0.25) is 0 Å². The maximum Gasteiger partial charge on any atom is 0.119 e. The Labute approximate surface area is 116 Å². The molecular formula is C16H25NO2. The lowest BCUT2D eigenvalue weighted by Gasteiger charge is -2.29. The lowest BCUT2D eigenvalue weighted by Crippen LogP contribution is -2.42. The molecule has 0 radical (unpaired) electrons. The molecule has 3 heteroatoms. The lowest BCUT2D eigenvalue weighted by molar-refractivity contribution is 0.112. The quantitative estimate of drug-likeness (QED) is 0.858. The van der Waals surface area contributed by atoms with Crippen LogP contribution in [0.1, 0.15) is 38.2 Å². The van der Waals surface area contributed by atoms with Crippen LogP contribution < -0.4 is 10.1 Å². The largest absolute Gasteiger partial charge is 0.492 e. The topological polar surface area (TPSA) is 41.5 Å². The van der Waals surface area contributed by atoms with Gasteiger partial charge in [0, 0.05) is 12.1 Å². The van der Waals surface area contributed by atoms with Gasteiger partial charge in [-0.15, -0.1) is 0 Å². The van der Waals surface area contributed by atoms with Gasteiger partial charge >= 0.3 is 0 Å². The Bertz CT molecular complexity index is 369. The van der Waals surface area contributed by atoms with Crippen molar-refractivity contribution in [3.05, 3.63) is 29.8 Å². The van der Waals surface area contributed by atoms with E-state index in [1.807, 2.05) is 12.1 Å². The molecule has 1 aliphatic carbocycles. The molecule has 0 saturated heterocycles. The molecule has 0 aliphatic heterocycles. The molecule has 2 rings (SSSR count). The zero-order chi connectivity index (χ0) is 13.7. The predicted molar refractivity (Wildman–Crippen MR) is 77.5 cm³/mol. The third kappa shape index (κ3) is 4.84. The van der Waals surface area contributed by atoms with E-state index in [2.05, 4.69) is 31.3 Å². The standard InChI is InChI=1S/C16H25NO2/c1-12-3-9-16(10-4-12)19-11-13(2)17-14-5-7-15(18)8-6-14/h3-4,9-10,13-15,17-18H,5-8,11H2,1-2H3. The van der Waals surface area contributed by atoms with Crippen LogP contribution in [-0.2, 0) is 0 Å². The van der Waals surface area contributed by atoms with Crippen molar-refractivity contribution in [2.45, 2.75) is 57.7 Å². The van der Waals surface area contributed by atoms with E-state index in [4.69, 9.17) is 4.74 Å². The number of hydrogen-bond acceptors (Lipinski definition) is 3. The summed E-state index contributed by atoms with van der Waals surface area (Å²) in [6.07, 6.45) is 3.88. The Morgan fingerprint density at radius 2 is 1.84 bits per heavy atom. The molecule has 0 aromatic heterocycles. The second-order valence-electron chi connectivity index (χ2n) is 5.70.